The van der Waals surface area contributed by atoms with Gasteiger partial charge in [-0.05, 0) is 19.3 Å². The van der Waals surface area contributed by atoms with E-state index in [0.717, 1.165) is 19.3 Å². The average Bonchev–Trinajstić information content (AvgIpc) is 2.53. The Balaban J connectivity index is 1.51. The molecule has 0 saturated carbocycles. The fourth-order valence-electron chi connectivity index (χ4n) is 1.61. The topological polar surface area (TPSA) is 44.8 Å². The largest absolute Gasteiger partial charge is 0.462 e. The van der Waals surface area contributed by atoms with Gasteiger partial charge in [0.15, 0.2) is 6.29 Å². The first-order valence-electron chi connectivity index (χ1n) is 4.77. The molecule has 0 aliphatic carbocycles. The molecule has 4 heteroatoms. The summed E-state index contributed by atoms with van der Waals surface area (Å²) in [6.45, 7) is 1.42. The molecule has 0 aromatic carbocycles. The summed E-state index contributed by atoms with van der Waals surface area (Å²) in [6.07, 6.45) is 3.59. The van der Waals surface area contributed by atoms with Crippen molar-refractivity contribution in [3.8, 4) is 0 Å². The van der Waals surface area contributed by atoms with Gasteiger partial charge in [0.05, 0.1) is 19.6 Å². The molecule has 2 rings (SSSR count). The normalized spacial score (nSPS) is 28.6. The van der Waals surface area contributed by atoms with E-state index < -0.39 is 0 Å². The minimum Gasteiger partial charge on any atom is -0.462 e. The van der Waals surface area contributed by atoms with Gasteiger partial charge in [0.1, 0.15) is 6.10 Å². The molecule has 1 atom stereocenters. The van der Waals surface area contributed by atoms with Crippen LogP contribution in [0.2, 0.25) is 0 Å². The molecule has 4 nitrogen and oxygen atoms in total. The number of esters is 1. The minimum absolute atomic E-state index is 0.0178. The van der Waals surface area contributed by atoms with Crippen molar-refractivity contribution in [1.82, 2.24) is 0 Å². The van der Waals surface area contributed by atoms with E-state index in [1.807, 2.05) is 0 Å². The van der Waals surface area contributed by atoms with Crippen LogP contribution in [0.15, 0.2) is 0 Å². The molecule has 0 N–H and O–H groups in total. The Morgan fingerprint density at radius 1 is 1.23 bits per heavy atom. The van der Waals surface area contributed by atoms with Crippen LogP contribution < -0.4 is 0 Å². The van der Waals surface area contributed by atoms with Crippen molar-refractivity contribution in [2.45, 2.75) is 38.1 Å². The molecule has 0 radical (unpaired) electrons. The maximum absolute atomic E-state index is 10.5. The third-order valence-corrected chi connectivity index (χ3v) is 2.35. The van der Waals surface area contributed by atoms with Gasteiger partial charge in [0, 0.05) is 0 Å². The Labute approximate surface area is 77.1 Å². The second-order valence-electron chi connectivity index (χ2n) is 3.42. The summed E-state index contributed by atoms with van der Waals surface area (Å²) in [5.74, 6) is -0.0710. The zero-order valence-corrected chi connectivity index (χ0v) is 7.53. The molecule has 74 valence electrons. The van der Waals surface area contributed by atoms with Crippen molar-refractivity contribution in [3.63, 3.8) is 0 Å². The van der Waals surface area contributed by atoms with Gasteiger partial charge >= 0.3 is 5.97 Å². The Morgan fingerprint density at radius 3 is 2.54 bits per heavy atom. The zero-order valence-electron chi connectivity index (χ0n) is 7.53. The fraction of sp³-hybridized carbons (Fsp3) is 0.889. The van der Waals surface area contributed by atoms with Crippen LogP contribution in [0.4, 0.5) is 0 Å². The SMILES string of the molecule is O=C1CC(CCCC2OCCO2)O1. The van der Waals surface area contributed by atoms with Crippen LogP contribution >= 0.6 is 0 Å². The van der Waals surface area contributed by atoms with Gasteiger partial charge in [-0.1, -0.05) is 0 Å². The lowest BCUT2D eigenvalue weighted by molar-refractivity contribution is -0.170. The molecule has 0 spiro atoms. The molecular weight excluding hydrogens is 172 g/mol. The van der Waals surface area contributed by atoms with Crippen molar-refractivity contribution in [3.05, 3.63) is 0 Å². The molecule has 2 aliphatic heterocycles. The van der Waals surface area contributed by atoms with E-state index in [1.54, 1.807) is 0 Å². The van der Waals surface area contributed by atoms with Crippen LogP contribution in [-0.4, -0.2) is 31.6 Å². The first-order chi connectivity index (χ1) is 6.34. The maximum atomic E-state index is 10.5. The van der Waals surface area contributed by atoms with Gasteiger partial charge in [-0.3, -0.25) is 4.79 Å². The van der Waals surface area contributed by atoms with Gasteiger partial charge in [0.25, 0.3) is 0 Å². The average molecular weight is 186 g/mol. The Bertz CT molecular complexity index is 178. The zero-order chi connectivity index (χ0) is 9.10. The number of hydrogen-bond acceptors (Lipinski definition) is 4. The predicted molar refractivity (Wildman–Crippen MR) is 44.0 cm³/mol. The highest BCUT2D eigenvalue weighted by Gasteiger charge is 2.28. The van der Waals surface area contributed by atoms with Crippen LogP contribution in [-0.2, 0) is 19.0 Å². The summed E-state index contributed by atoms with van der Waals surface area (Å²) in [6, 6.07) is 0. The molecule has 0 aromatic heterocycles. The number of hydrogen-bond donors (Lipinski definition) is 0. The Kier molecular flexibility index (Phi) is 2.80. The van der Waals surface area contributed by atoms with Crippen molar-refractivity contribution in [2.75, 3.05) is 13.2 Å². The second kappa shape index (κ2) is 4.07. The number of rotatable bonds is 4. The summed E-state index contributed by atoms with van der Waals surface area (Å²) in [5.41, 5.74) is 0. The van der Waals surface area contributed by atoms with E-state index in [9.17, 15) is 4.79 Å². The first kappa shape index (κ1) is 8.97. The number of carbonyl (C=O) groups is 1. The Hall–Kier alpha value is -0.610. The highest BCUT2D eigenvalue weighted by Crippen LogP contribution is 2.20. The van der Waals surface area contributed by atoms with Crippen LogP contribution in [0.1, 0.15) is 25.7 Å². The standard InChI is InChI=1S/C9H14O4/c10-8-6-7(13-8)2-1-3-9-11-4-5-12-9/h7,9H,1-6H2. The van der Waals surface area contributed by atoms with E-state index in [4.69, 9.17) is 14.2 Å². The fourth-order valence-corrected chi connectivity index (χ4v) is 1.61. The first-order valence-corrected chi connectivity index (χ1v) is 4.77. The molecule has 1 unspecified atom stereocenters. The minimum atomic E-state index is -0.0710. The lowest BCUT2D eigenvalue weighted by atomic mass is 10.1. The lowest BCUT2D eigenvalue weighted by Crippen LogP contribution is -2.32. The third-order valence-electron chi connectivity index (χ3n) is 2.35. The van der Waals surface area contributed by atoms with E-state index in [0.29, 0.717) is 19.6 Å². The summed E-state index contributed by atoms with van der Waals surface area (Å²) < 4.78 is 15.4. The monoisotopic (exact) mass is 186 g/mol. The molecule has 2 fully saturated rings. The van der Waals surface area contributed by atoms with Gasteiger partial charge < -0.3 is 14.2 Å². The van der Waals surface area contributed by atoms with Crippen molar-refractivity contribution in [1.29, 1.82) is 0 Å². The molecule has 2 aliphatic rings. The van der Waals surface area contributed by atoms with E-state index in [-0.39, 0.29) is 18.4 Å². The van der Waals surface area contributed by atoms with Crippen LogP contribution in [0.3, 0.4) is 0 Å². The smallest absolute Gasteiger partial charge is 0.309 e. The van der Waals surface area contributed by atoms with Gasteiger partial charge in [-0.15, -0.1) is 0 Å². The number of carbonyl (C=O) groups excluding carboxylic acids is 1. The van der Waals surface area contributed by atoms with Gasteiger partial charge in [-0.25, -0.2) is 0 Å². The number of ether oxygens (including phenoxy) is 3. The van der Waals surface area contributed by atoms with Crippen molar-refractivity contribution < 1.29 is 19.0 Å². The van der Waals surface area contributed by atoms with Crippen molar-refractivity contribution >= 4 is 5.97 Å². The highest BCUT2D eigenvalue weighted by molar-refractivity contribution is 5.75. The van der Waals surface area contributed by atoms with Crippen LogP contribution in [0.25, 0.3) is 0 Å². The number of cyclic esters (lactones) is 1. The molecule has 0 bridgehead atoms. The molecule has 0 amide bonds. The van der Waals surface area contributed by atoms with Gasteiger partial charge in [0.2, 0.25) is 0 Å². The summed E-state index contributed by atoms with van der Waals surface area (Å²) in [7, 11) is 0. The molecule has 2 saturated heterocycles. The molecular formula is C9H14O4. The predicted octanol–water partition coefficient (Wildman–Crippen LogP) is 0.845. The van der Waals surface area contributed by atoms with Crippen LogP contribution in [0.5, 0.6) is 0 Å². The molecule has 13 heavy (non-hydrogen) atoms. The second-order valence-corrected chi connectivity index (χ2v) is 3.42. The van der Waals surface area contributed by atoms with Gasteiger partial charge in [-0.2, -0.15) is 0 Å². The van der Waals surface area contributed by atoms with E-state index >= 15 is 0 Å². The Morgan fingerprint density at radius 2 is 1.92 bits per heavy atom. The highest BCUT2D eigenvalue weighted by atomic mass is 16.7. The van der Waals surface area contributed by atoms with Crippen LogP contribution in [0, 0.1) is 0 Å². The van der Waals surface area contributed by atoms with E-state index in [1.165, 1.54) is 0 Å². The van der Waals surface area contributed by atoms with E-state index in [2.05, 4.69) is 0 Å². The molecule has 2 heterocycles. The maximum Gasteiger partial charge on any atom is 0.309 e. The summed E-state index contributed by atoms with van der Waals surface area (Å²) >= 11 is 0. The van der Waals surface area contributed by atoms with Crippen molar-refractivity contribution in [2.24, 2.45) is 0 Å². The summed E-state index contributed by atoms with van der Waals surface area (Å²) in [4.78, 5) is 10.5. The quantitative estimate of drug-likeness (QED) is 0.610. The summed E-state index contributed by atoms with van der Waals surface area (Å²) in [5, 5.41) is 0. The molecule has 0 aromatic rings. The lowest BCUT2D eigenvalue weighted by Gasteiger charge is -2.25. The third kappa shape index (κ3) is 2.42.